The first kappa shape index (κ1) is 19.4. The Balaban J connectivity index is 0.00000264. The number of rotatable bonds is 7. The van der Waals surface area contributed by atoms with Gasteiger partial charge in [-0.25, -0.2) is 0 Å². The van der Waals surface area contributed by atoms with E-state index in [9.17, 15) is 4.79 Å². The number of pyridine rings is 1. The third kappa shape index (κ3) is 5.82. The lowest BCUT2D eigenvalue weighted by Gasteiger charge is -2.15. The van der Waals surface area contributed by atoms with Gasteiger partial charge >= 0.3 is 5.97 Å². The third-order valence-corrected chi connectivity index (χ3v) is 4.05. The molecule has 2 rings (SSSR count). The lowest BCUT2D eigenvalue weighted by Crippen LogP contribution is -2.16. The van der Waals surface area contributed by atoms with Gasteiger partial charge in [0.25, 0.3) is 0 Å². The van der Waals surface area contributed by atoms with E-state index in [2.05, 4.69) is 4.98 Å². The summed E-state index contributed by atoms with van der Waals surface area (Å²) in [6.07, 6.45) is 5.22. The van der Waals surface area contributed by atoms with Crippen molar-refractivity contribution in [2.45, 2.75) is 25.2 Å². The number of aromatic nitrogens is 1. The fourth-order valence-electron chi connectivity index (χ4n) is 2.42. The Morgan fingerprint density at radius 3 is 2.52 bits per heavy atom. The lowest BCUT2D eigenvalue weighted by atomic mass is 9.93. The normalized spacial score (nSPS) is 11.6. The Morgan fingerprint density at radius 1 is 1.22 bits per heavy atom. The molecule has 6 heteroatoms. The van der Waals surface area contributed by atoms with E-state index in [0.717, 1.165) is 24.0 Å². The molecule has 0 aliphatic rings. The highest BCUT2D eigenvalue weighted by Gasteiger charge is 2.15. The smallest absolute Gasteiger partial charge is 0.304 e. The largest absolute Gasteiger partial charge is 0.481 e. The Hall–Kier alpha value is -1.62. The minimum absolute atomic E-state index is 0. The molecule has 0 saturated heterocycles. The minimum atomic E-state index is -0.844. The van der Waals surface area contributed by atoms with Gasteiger partial charge in [0.15, 0.2) is 0 Å². The summed E-state index contributed by atoms with van der Waals surface area (Å²) in [6.45, 7) is 0.303. The quantitative estimate of drug-likeness (QED) is 0.798. The monoisotopic (exact) mass is 354 g/mol. The summed E-state index contributed by atoms with van der Waals surface area (Å²) in [5, 5.41) is 9.66. The molecule has 1 aromatic carbocycles. The molecule has 124 valence electrons. The Labute approximate surface area is 147 Å². The second kappa shape index (κ2) is 9.50. The topological polar surface area (TPSA) is 76.2 Å². The van der Waals surface area contributed by atoms with Gasteiger partial charge < -0.3 is 10.8 Å². The van der Waals surface area contributed by atoms with Crippen molar-refractivity contribution in [3.8, 4) is 0 Å². The maximum absolute atomic E-state index is 10.9. The number of carbonyl (C=O) groups is 1. The number of hydrogen-bond acceptors (Lipinski definition) is 3. The van der Waals surface area contributed by atoms with Crippen molar-refractivity contribution in [3.05, 3.63) is 64.4 Å². The van der Waals surface area contributed by atoms with Crippen LogP contribution in [0.2, 0.25) is 5.02 Å². The summed E-state index contributed by atoms with van der Waals surface area (Å²) in [5.74, 6) is -1.03. The summed E-state index contributed by atoms with van der Waals surface area (Å²) < 4.78 is 0. The number of aliphatic carboxylic acids is 1. The van der Waals surface area contributed by atoms with Crippen LogP contribution in [0.15, 0.2) is 42.7 Å². The highest BCUT2D eigenvalue weighted by atomic mass is 35.5. The van der Waals surface area contributed by atoms with Crippen LogP contribution in [0.1, 0.15) is 29.0 Å². The molecule has 0 saturated carbocycles. The van der Waals surface area contributed by atoms with Crippen molar-refractivity contribution in [2.75, 3.05) is 6.54 Å². The molecule has 0 aliphatic carbocycles. The number of carboxylic acid groups (broad SMARTS) is 1. The first-order valence-corrected chi connectivity index (χ1v) is 7.57. The number of carboxylic acids is 1. The standard InChI is InChI=1S/C17H19ClN2O2.ClH/c18-16-4-3-13(15(11-19)10-17(21)22)9-14(16)2-1-12-5-7-20-8-6-12;/h3-9,15H,1-2,10-11,19H2,(H,21,22);1H/t15-;/m0./s1. The van der Waals surface area contributed by atoms with Crippen LogP contribution in [0.3, 0.4) is 0 Å². The van der Waals surface area contributed by atoms with Gasteiger partial charge in [-0.1, -0.05) is 23.7 Å². The fraction of sp³-hybridized carbons (Fsp3) is 0.294. The molecule has 2 aromatic rings. The van der Waals surface area contributed by atoms with Gasteiger partial charge in [-0.15, -0.1) is 12.4 Å². The zero-order valence-corrected chi connectivity index (χ0v) is 14.2. The van der Waals surface area contributed by atoms with Crippen molar-refractivity contribution in [3.63, 3.8) is 0 Å². The molecule has 1 heterocycles. The van der Waals surface area contributed by atoms with Crippen molar-refractivity contribution >= 4 is 30.0 Å². The summed E-state index contributed by atoms with van der Waals surface area (Å²) in [7, 11) is 0. The number of benzene rings is 1. The number of aryl methyl sites for hydroxylation is 2. The third-order valence-electron chi connectivity index (χ3n) is 3.68. The van der Waals surface area contributed by atoms with Gasteiger partial charge in [0.2, 0.25) is 0 Å². The zero-order chi connectivity index (χ0) is 15.9. The molecular weight excluding hydrogens is 335 g/mol. The van der Waals surface area contributed by atoms with E-state index in [1.54, 1.807) is 12.4 Å². The van der Waals surface area contributed by atoms with Crippen LogP contribution in [0.25, 0.3) is 0 Å². The van der Waals surface area contributed by atoms with Crippen LogP contribution < -0.4 is 5.73 Å². The number of hydrogen-bond donors (Lipinski definition) is 2. The van der Waals surface area contributed by atoms with Crippen LogP contribution in [0.5, 0.6) is 0 Å². The van der Waals surface area contributed by atoms with E-state index >= 15 is 0 Å². The second-order valence-corrected chi connectivity index (χ2v) is 5.64. The molecule has 0 aliphatic heterocycles. The van der Waals surface area contributed by atoms with Gasteiger partial charge in [0.1, 0.15) is 0 Å². The van der Waals surface area contributed by atoms with Crippen LogP contribution >= 0.6 is 24.0 Å². The number of nitrogens with zero attached hydrogens (tertiary/aromatic N) is 1. The summed E-state index contributed by atoms with van der Waals surface area (Å²) in [6, 6.07) is 9.61. The van der Waals surface area contributed by atoms with Gasteiger partial charge in [0.05, 0.1) is 6.42 Å². The Morgan fingerprint density at radius 2 is 1.91 bits per heavy atom. The average Bonchev–Trinajstić information content (AvgIpc) is 2.53. The molecule has 0 radical (unpaired) electrons. The highest BCUT2D eigenvalue weighted by Crippen LogP contribution is 2.25. The van der Waals surface area contributed by atoms with Crippen molar-refractivity contribution < 1.29 is 9.90 Å². The molecule has 0 bridgehead atoms. The highest BCUT2D eigenvalue weighted by molar-refractivity contribution is 6.31. The Kier molecular flexibility index (Phi) is 8.03. The van der Waals surface area contributed by atoms with E-state index in [-0.39, 0.29) is 24.7 Å². The SMILES string of the molecule is Cl.NC[C@H](CC(=O)O)c1ccc(Cl)c(CCc2ccncc2)c1. The van der Waals surface area contributed by atoms with Crippen LogP contribution in [-0.4, -0.2) is 22.6 Å². The predicted molar refractivity (Wildman–Crippen MR) is 94.4 cm³/mol. The molecule has 1 aromatic heterocycles. The van der Waals surface area contributed by atoms with E-state index in [1.165, 1.54) is 5.56 Å². The molecule has 0 amide bonds. The Bertz CT molecular complexity index is 636. The number of halogens is 2. The van der Waals surface area contributed by atoms with Crippen molar-refractivity contribution in [2.24, 2.45) is 5.73 Å². The first-order chi connectivity index (χ1) is 10.6. The zero-order valence-electron chi connectivity index (χ0n) is 12.6. The molecule has 0 spiro atoms. The number of nitrogens with two attached hydrogens (primary N) is 1. The molecule has 0 unspecified atom stereocenters. The predicted octanol–water partition coefficient (Wildman–Crippen LogP) is 3.46. The molecule has 23 heavy (non-hydrogen) atoms. The molecule has 3 N–H and O–H groups in total. The molecule has 4 nitrogen and oxygen atoms in total. The summed E-state index contributed by atoms with van der Waals surface area (Å²) in [4.78, 5) is 14.9. The molecule has 1 atom stereocenters. The van der Waals surface area contributed by atoms with Crippen LogP contribution in [-0.2, 0) is 17.6 Å². The average molecular weight is 355 g/mol. The van der Waals surface area contributed by atoms with Crippen molar-refractivity contribution in [1.82, 2.24) is 4.98 Å². The maximum Gasteiger partial charge on any atom is 0.304 e. The molecule has 0 fully saturated rings. The van der Waals surface area contributed by atoms with Crippen molar-refractivity contribution in [1.29, 1.82) is 0 Å². The van der Waals surface area contributed by atoms with E-state index in [0.29, 0.717) is 11.6 Å². The lowest BCUT2D eigenvalue weighted by molar-refractivity contribution is -0.137. The van der Waals surface area contributed by atoms with E-state index in [1.807, 2.05) is 30.3 Å². The van der Waals surface area contributed by atoms with Crippen LogP contribution in [0, 0.1) is 0 Å². The van der Waals surface area contributed by atoms with Gasteiger partial charge in [-0.3, -0.25) is 9.78 Å². The van der Waals surface area contributed by atoms with E-state index < -0.39 is 5.97 Å². The summed E-state index contributed by atoms with van der Waals surface area (Å²) in [5.41, 5.74) is 8.84. The van der Waals surface area contributed by atoms with Crippen LogP contribution in [0.4, 0.5) is 0 Å². The second-order valence-electron chi connectivity index (χ2n) is 5.24. The van der Waals surface area contributed by atoms with Gasteiger partial charge in [0, 0.05) is 23.3 Å². The minimum Gasteiger partial charge on any atom is -0.481 e. The summed E-state index contributed by atoms with van der Waals surface area (Å²) >= 11 is 6.26. The van der Waals surface area contributed by atoms with Gasteiger partial charge in [-0.05, 0) is 54.3 Å². The fourth-order valence-corrected chi connectivity index (χ4v) is 2.63. The van der Waals surface area contributed by atoms with E-state index in [4.69, 9.17) is 22.4 Å². The van der Waals surface area contributed by atoms with Gasteiger partial charge in [-0.2, -0.15) is 0 Å². The molecular formula is C17H20Cl2N2O2. The maximum atomic E-state index is 10.9. The first-order valence-electron chi connectivity index (χ1n) is 7.19.